The number of hydrogen-bond donors (Lipinski definition) is 1. The van der Waals surface area contributed by atoms with Gasteiger partial charge in [-0.25, -0.2) is 8.42 Å². The zero-order valence-corrected chi connectivity index (χ0v) is 17.2. The summed E-state index contributed by atoms with van der Waals surface area (Å²) in [5.74, 6) is -0.309. The second-order valence-electron chi connectivity index (χ2n) is 7.91. The minimum Gasteiger partial charge on any atom is -0.354 e. The first-order valence-electron chi connectivity index (χ1n) is 8.95. The van der Waals surface area contributed by atoms with Gasteiger partial charge in [-0.15, -0.1) is 0 Å². The summed E-state index contributed by atoms with van der Waals surface area (Å²) in [5.41, 5.74) is 1.86. The quantitative estimate of drug-likeness (QED) is 0.791. The van der Waals surface area contributed by atoms with Crippen molar-refractivity contribution in [2.75, 3.05) is 13.1 Å². The molecule has 27 heavy (non-hydrogen) atoms. The molecule has 0 heterocycles. The first-order valence-corrected chi connectivity index (χ1v) is 10.4. The van der Waals surface area contributed by atoms with Crippen LogP contribution in [0.5, 0.6) is 0 Å². The fourth-order valence-corrected chi connectivity index (χ4v) is 3.85. The van der Waals surface area contributed by atoms with Gasteiger partial charge in [-0.2, -0.15) is 4.31 Å². The number of rotatable bonds is 7. The molecule has 0 aliphatic carbocycles. The van der Waals surface area contributed by atoms with Crippen molar-refractivity contribution in [3.8, 4) is 0 Å². The lowest BCUT2D eigenvalue weighted by molar-refractivity contribution is -0.121. The predicted molar refractivity (Wildman–Crippen MR) is 108 cm³/mol. The van der Waals surface area contributed by atoms with E-state index in [1.807, 2.05) is 52.0 Å². The molecule has 5 nitrogen and oxygen atoms in total. The third kappa shape index (κ3) is 6.48. The molecule has 2 aromatic carbocycles. The Morgan fingerprint density at radius 2 is 1.59 bits per heavy atom. The van der Waals surface area contributed by atoms with Crippen molar-refractivity contribution in [2.24, 2.45) is 5.41 Å². The van der Waals surface area contributed by atoms with E-state index in [1.54, 1.807) is 30.3 Å². The van der Waals surface area contributed by atoms with E-state index in [2.05, 4.69) is 5.32 Å². The summed E-state index contributed by atoms with van der Waals surface area (Å²) in [5, 5.41) is 2.83. The van der Waals surface area contributed by atoms with Gasteiger partial charge in [0.2, 0.25) is 15.9 Å². The molecule has 0 fully saturated rings. The van der Waals surface area contributed by atoms with Crippen LogP contribution in [0, 0.1) is 12.3 Å². The highest BCUT2D eigenvalue weighted by Crippen LogP contribution is 2.18. The van der Waals surface area contributed by atoms with Gasteiger partial charge in [0.1, 0.15) is 0 Å². The molecule has 0 atom stereocenters. The average molecular weight is 389 g/mol. The van der Waals surface area contributed by atoms with E-state index in [4.69, 9.17) is 0 Å². The largest absolute Gasteiger partial charge is 0.354 e. The molecule has 1 amide bonds. The summed E-state index contributed by atoms with van der Waals surface area (Å²) >= 11 is 0. The number of nitrogens with one attached hydrogen (secondary N) is 1. The summed E-state index contributed by atoms with van der Waals surface area (Å²) in [6.45, 7) is 8.41. The normalized spacial score (nSPS) is 12.2. The maximum Gasteiger partial charge on any atom is 0.243 e. The summed E-state index contributed by atoms with van der Waals surface area (Å²) in [6.07, 6.45) is 0. The molecule has 146 valence electrons. The Morgan fingerprint density at radius 1 is 1.00 bits per heavy atom. The molecule has 0 spiro atoms. The third-order valence-corrected chi connectivity index (χ3v) is 5.80. The Balaban J connectivity index is 2.25. The van der Waals surface area contributed by atoms with Crippen molar-refractivity contribution in [3.05, 3.63) is 65.7 Å². The lowest BCUT2D eigenvalue weighted by atomic mass is 9.97. The zero-order chi connectivity index (χ0) is 20.1. The van der Waals surface area contributed by atoms with Gasteiger partial charge in [0.25, 0.3) is 0 Å². The number of amides is 1. The molecule has 0 unspecified atom stereocenters. The van der Waals surface area contributed by atoms with Gasteiger partial charge in [-0.1, -0.05) is 68.8 Å². The average Bonchev–Trinajstić information content (AvgIpc) is 2.61. The van der Waals surface area contributed by atoms with Crippen molar-refractivity contribution >= 4 is 15.9 Å². The lowest BCUT2D eigenvalue weighted by Gasteiger charge is -2.24. The van der Waals surface area contributed by atoms with Gasteiger partial charge in [-0.05, 0) is 30.0 Å². The Labute approximate surface area is 162 Å². The highest BCUT2D eigenvalue weighted by molar-refractivity contribution is 7.89. The number of carbonyl (C=O) groups is 1. The molecule has 2 rings (SSSR count). The van der Waals surface area contributed by atoms with Gasteiger partial charge in [0, 0.05) is 13.1 Å². The molecule has 0 aliphatic rings. The predicted octanol–water partition coefficient (Wildman–Crippen LogP) is 3.35. The van der Waals surface area contributed by atoms with Crippen LogP contribution in [0.4, 0.5) is 0 Å². The molecule has 0 aromatic heterocycles. The van der Waals surface area contributed by atoms with E-state index in [1.165, 1.54) is 4.31 Å². The van der Waals surface area contributed by atoms with Gasteiger partial charge in [0.15, 0.2) is 0 Å². The van der Waals surface area contributed by atoms with E-state index < -0.39 is 10.0 Å². The van der Waals surface area contributed by atoms with E-state index >= 15 is 0 Å². The van der Waals surface area contributed by atoms with Crippen molar-refractivity contribution in [3.63, 3.8) is 0 Å². The van der Waals surface area contributed by atoms with Crippen LogP contribution in [-0.4, -0.2) is 31.7 Å². The fraction of sp³-hybridized carbons (Fsp3) is 0.381. The zero-order valence-electron chi connectivity index (χ0n) is 16.4. The van der Waals surface area contributed by atoms with Crippen molar-refractivity contribution < 1.29 is 13.2 Å². The number of hydrogen-bond acceptors (Lipinski definition) is 3. The topological polar surface area (TPSA) is 66.5 Å². The maximum absolute atomic E-state index is 13.1. The lowest BCUT2D eigenvalue weighted by Crippen LogP contribution is -2.42. The van der Waals surface area contributed by atoms with Crippen LogP contribution in [0.3, 0.4) is 0 Å². The summed E-state index contributed by atoms with van der Waals surface area (Å²) in [4.78, 5) is 12.6. The van der Waals surface area contributed by atoms with Gasteiger partial charge in [-0.3, -0.25) is 4.79 Å². The minimum absolute atomic E-state index is 0.0737. The first-order chi connectivity index (χ1) is 12.6. The van der Waals surface area contributed by atoms with E-state index in [9.17, 15) is 13.2 Å². The summed E-state index contributed by atoms with van der Waals surface area (Å²) < 4.78 is 27.4. The number of sulfonamides is 1. The molecule has 0 radical (unpaired) electrons. The van der Waals surface area contributed by atoms with Crippen LogP contribution in [0.25, 0.3) is 0 Å². The summed E-state index contributed by atoms with van der Waals surface area (Å²) in [6, 6.07) is 15.8. The van der Waals surface area contributed by atoms with Crippen LogP contribution in [-0.2, 0) is 21.4 Å². The number of nitrogens with zero attached hydrogens (tertiary/aromatic N) is 1. The highest BCUT2D eigenvalue weighted by Gasteiger charge is 2.27. The van der Waals surface area contributed by atoms with E-state index in [-0.39, 0.29) is 29.3 Å². The number of aryl methyl sites for hydroxylation is 1. The van der Waals surface area contributed by atoms with Crippen molar-refractivity contribution in [1.29, 1.82) is 0 Å². The minimum atomic E-state index is -3.79. The van der Waals surface area contributed by atoms with E-state index in [0.717, 1.165) is 11.1 Å². The Hall–Kier alpha value is -2.18. The standard InChI is InChI=1S/C21H28N2O3S/c1-17-10-12-18(13-11-17)14-23(15-20(24)22-16-21(2,3)4)27(25,26)19-8-6-5-7-9-19/h5-13H,14-16H2,1-4H3,(H,22,24). The summed E-state index contributed by atoms with van der Waals surface area (Å²) in [7, 11) is -3.79. The monoisotopic (exact) mass is 388 g/mol. The number of benzene rings is 2. The first kappa shape index (κ1) is 21.1. The van der Waals surface area contributed by atoms with Crippen molar-refractivity contribution in [1.82, 2.24) is 9.62 Å². The Morgan fingerprint density at radius 3 is 2.15 bits per heavy atom. The second-order valence-corrected chi connectivity index (χ2v) is 9.85. The molecular formula is C21H28N2O3S. The molecule has 0 aliphatic heterocycles. The molecule has 2 aromatic rings. The molecular weight excluding hydrogens is 360 g/mol. The fourth-order valence-electron chi connectivity index (χ4n) is 2.44. The van der Waals surface area contributed by atoms with E-state index in [0.29, 0.717) is 6.54 Å². The van der Waals surface area contributed by atoms with Crippen LogP contribution in [0.2, 0.25) is 0 Å². The molecule has 0 saturated carbocycles. The Kier molecular flexibility index (Phi) is 6.78. The van der Waals surface area contributed by atoms with Gasteiger partial charge >= 0.3 is 0 Å². The third-order valence-electron chi connectivity index (χ3n) is 4.00. The molecule has 0 saturated heterocycles. The number of carbonyl (C=O) groups excluding carboxylic acids is 1. The van der Waals surface area contributed by atoms with Crippen LogP contribution < -0.4 is 5.32 Å². The van der Waals surface area contributed by atoms with Crippen molar-refractivity contribution in [2.45, 2.75) is 39.1 Å². The Bertz CT molecular complexity index is 855. The van der Waals surface area contributed by atoms with Crippen LogP contribution in [0.15, 0.2) is 59.5 Å². The highest BCUT2D eigenvalue weighted by atomic mass is 32.2. The molecule has 6 heteroatoms. The molecule has 1 N–H and O–H groups in total. The van der Waals surface area contributed by atoms with Gasteiger partial charge < -0.3 is 5.32 Å². The maximum atomic E-state index is 13.1. The second kappa shape index (κ2) is 8.67. The smallest absolute Gasteiger partial charge is 0.243 e. The molecule has 0 bridgehead atoms. The van der Waals surface area contributed by atoms with Gasteiger partial charge in [0.05, 0.1) is 11.4 Å². The van der Waals surface area contributed by atoms with Crippen LogP contribution >= 0.6 is 0 Å². The SMILES string of the molecule is Cc1ccc(CN(CC(=O)NCC(C)(C)C)S(=O)(=O)c2ccccc2)cc1. The van der Waals surface area contributed by atoms with Crippen LogP contribution in [0.1, 0.15) is 31.9 Å².